The van der Waals surface area contributed by atoms with Crippen LogP contribution < -0.4 is 5.32 Å². The van der Waals surface area contributed by atoms with Crippen molar-refractivity contribution in [3.63, 3.8) is 0 Å². The third kappa shape index (κ3) is 4.12. The molecule has 1 aliphatic heterocycles. The molecule has 5 heteroatoms. The Balaban J connectivity index is 1.60. The summed E-state index contributed by atoms with van der Waals surface area (Å²) in [5.41, 5.74) is 0.874. The molecule has 2 atom stereocenters. The van der Waals surface area contributed by atoms with E-state index in [1.54, 1.807) is 0 Å². The number of carbonyl (C=O) groups excluding carboxylic acids is 1. The monoisotopic (exact) mass is 316 g/mol. The van der Waals surface area contributed by atoms with Gasteiger partial charge in [-0.05, 0) is 18.4 Å². The zero-order valence-corrected chi connectivity index (χ0v) is 13.2. The Morgan fingerprint density at radius 1 is 1.30 bits per heavy atom. The Labute approximate surface area is 136 Å². The van der Waals surface area contributed by atoms with Crippen LogP contribution in [0.5, 0.6) is 0 Å². The average Bonchev–Trinajstić information content (AvgIpc) is 3.09. The molecule has 2 N–H and O–H groups in total. The van der Waals surface area contributed by atoms with Gasteiger partial charge in [0.15, 0.2) is 0 Å². The van der Waals surface area contributed by atoms with Gasteiger partial charge >= 0.3 is 6.03 Å². The van der Waals surface area contributed by atoms with Gasteiger partial charge in [0.1, 0.15) is 0 Å². The van der Waals surface area contributed by atoms with Crippen molar-refractivity contribution in [2.24, 2.45) is 0 Å². The van der Waals surface area contributed by atoms with E-state index in [0.29, 0.717) is 26.2 Å². The minimum absolute atomic E-state index is 0.0488. The molecule has 3 rings (SSSR count). The number of aliphatic hydroxyl groups excluding tert-OH is 1. The quantitative estimate of drug-likeness (QED) is 0.838. The minimum atomic E-state index is -0.591. The summed E-state index contributed by atoms with van der Waals surface area (Å²) in [7, 11) is 0. The van der Waals surface area contributed by atoms with Crippen molar-refractivity contribution >= 4 is 6.03 Å². The van der Waals surface area contributed by atoms with Gasteiger partial charge in [0.2, 0.25) is 0 Å². The van der Waals surface area contributed by atoms with Crippen LogP contribution >= 0.6 is 0 Å². The van der Waals surface area contributed by atoms with E-state index in [4.69, 9.17) is 4.74 Å². The van der Waals surface area contributed by atoms with Gasteiger partial charge in [-0.2, -0.15) is 0 Å². The number of nitrogens with zero attached hydrogens (tertiary/aromatic N) is 1. The molecule has 1 aromatic carbocycles. The lowest BCUT2D eigenvalue weighted by molar-refractivity contribution is -0.00734. The summed E-state index contributed by atoms with van der Waals surface area (Å²) in [4.78, 5) is 14.3. The Morgan fingerprint density at radius 2 is 2.04 bits per heavy atom. The first-order chi connectivity index (χ1) is 11.2. The van der Waals surface area contributed by atoms with Gasteiger partial charge in [-0.25, -0.2) is 4.79 Å². The fraction of sp³-hybridized carbons (Fsp3) is 0.500. The van der Waals surface area contributed by atoms with Crippen LogP contribution in [0, 0.1) is 0 Å². The minimum Gasteiger partial charge on any atom is -0.388 e. The molecule has 1 aromatic rings. The van der Waals surface area contributed by atoms with Crippen LogP contribution in [0.15, 0.2) is 42.5 Å². The molecule has 2 unspecified atom stereocenters. The van der Waals surface area contributed by atoms with Crippen LogP contribution in [0.4, 0.5) is 4.79 Å². The van der Waals surface area contributed by atoms with E-state index < -0.39 is 6.10 Å². The van der Waals surface area contributed by atoms with Gasteiger partial charge in [-0.15, -0.1) is 0 Å². The van der Waals surface area contributed by atoms with E-state index in [1.165, 1.54) is 0 Å². The number of urea groups is 1. The number of amides is 2. The lowest BCUT2D eigenvalue weighted by Gasteiger charge is -2.37. The van der Waals surface area contributed by atoms with E-state index in [2.05, 4.69) is 17.5 Å². The molecule has 0 spiro atoms. The summed E-state index contributed by atoms with van der Waals surface area (Å²) in [5, 5.41) is 13.5. The van der Waals surface area contributed by atoms with Crippen LogP contribution in [-0.2, 0) is 4.74 Å². The number of benzene rings is 1. The van der Waals surface area contributed by atoms with E-state index in [1.807, 2.05) is 35.2 Å². The second-order valence-electron chi connectivity index (χ2n) is 6.17. The van der Waals surface area contributed by atoms with Crippen LogP contribution in [0.1, 0.15) is 30.9 Å². The van der Waals surface area contributed by atoms with Gasteiger partial charge in [0.25, 0.3) is 0 Å². The first-order valence-electron chi connectivity index (χ1n) is 8.27. The lowest BCUT2D eigenvalue weighted by Crippen LogP contribution is -2.54. The molecule has 0 radical (unpaired) electrons. The maximum Gasteiger partial charge on any atom is 0.318 e. The van der Waals surface area contributed by atoms with Gasteiger partial charge in [0.05, 0.1) is 25.4 Å². The third-order valence-corrected chi connectivity index (χ3v) is 4.50. The van der Waals surface area contributed by atoms with Crippen molar-refractivity contribution < 1.29 is 14.6 Å². The van der Waals surface area contributed by atoms with Crippen molar-refractivity contribution in [3.05, 3.63) is 48.0 Å². The SMILES string of the molecule is O=C(NC1CC=CC1)N1CCOCC1CC(O)c1ccccc1. The number of hydrogen-bond donors (Lipinski definition) is 2. The highest BCUT2D eigenvalue weighted by Crippen LogP contribution is 2.23. The average molecular weight is 316 g/mol. The molecule has 5 nitrogen and oxygen atoms in total. The maximum absolute atomic E-state index is 12.5. The Bertz CT molecular complexity index is 538. The van der Waals surface area contributed by atoms with Crippen LogP contribution in [0.3, 0.4) is 0 Å². The number of morpholine rings is 1. The van der Waals surface area contributed by atoms with Crippen LogP contribution in [0.2, 0.25) is 0 Å². The summed E-state index contributed by atoms with van der Waals surface area (Å²) in [5.74, 6) is 0. The van der Waals surface area contributed by atoms with E-state index in [0.717, 1.165) is 18.4 Å². The smallest absolute Gasteiger partial charge is 0.318 e. The van der Waals surface area contributed by atoms with Gasteiger partial charge < -0.3 is 20.1 Å². The predicted molar refractivity (Wildman–Crippen MR) is 88.0 cm³/mol. The summed E-state index contributed by atoms with van der Waals surface area (Å²) in [6, 6.07) is 9.60. The molecule has 0 saturated carbocycles. The molecule has 1 fully saturated rings. The molecular weight excluding hydrogens is 292 g/mol. The topological polar surface area (TPSA) is 61.8 Å². The molecule has 124 valence electrons. The molecule has 0 bridgehead atoms. The van der Waals surface area contributed by atoms with Crippen molar-refractivity contribution in [1.82, 2.24) is 10.2 Å². The molecular formula is C18H24N2O3. The number of nitrogens with one attached hydrogen (secondary N) is 1. The summed E-state index contributed by atoms with van der Waals surface area (Å²) in [6.07, 6.45) is 5.88. The molecule has 1 saturated heterocycles. The number of carbonyl (C=O) groups is 1. The summed E-state index contributed by atoms with van der Waals surface area (Å²) in [6.45, 7) is 1.59. The fourth-order valence-corrected chi connectivity index (χ4v) is 3.18. The standard InChI is InChI=1S/C18H24N2O3/c21-17(14-6-2-1-3-7-14)12-16-13-23-11-10-20(16)18(22)19-15-8-4-5-9-15/h1-7,15-17,21H,8-13H2,(H,19,22). The largest absolute Gasteiger partial charge is 0.388 e. The number of aliphatic hydroxyl groups is 1. The van der Waals surface area contributed by atoms with E-state index >= 15 is 0 Å². The molecule has 2 amide bonds. The second-order valence-corrected chi connectivity index (χ2v) is 6.17. The van der Waals surface area contributed by atoms with Crippen LogP contribution in [-0.4, -0.2) is 47.9 Å². The predicted octanol–water partition coefficient (Wildman–Crippen LogP) is 2.24. The normalized spacial score (nSPS) is 23.0. The Kier molecular flexibility index (Phi) is 5.31. The Hall–Kier alpha value is -1.85. The van der Waals surface area contributed by atoms with Gasteiger partial charge in [-0.3, -0.25) is 0 Å². The second kappa shape index (κ2) is 7.62. The molecule has 0 aromatic heterocycles. The molecule has 1 heterocycles. The zero-order chi connectivity index (χ0) is 16.1. The van der Waals surface area contributed by atoms with Gasteiger partial charge in [-0.1, -0.05) is 42.5 Å². The number of hydrogen-bond acceptors (Lipinski definition) is 3. The van der Waals surface area contributed by atoms with Crippen LogP contribution in [0.25, 0.3) is 0 Å². The van der Waals surface area contributed by atoms with Crippen molar-refractivity contribution in [2.45, 2.75) is 37.5 Å². The Morgan fingerprint density at radius 3 is 2.78 bits per heavy atom. The van der Waals surface area contributed by atoms with E-state index in [-0.39, 0.29) is 18.1 Å². The van der Waals surface area contributed by atoms with Crippen molar-refractivity contribution in [2.75, 3.05) is 19.8 Å². The maximum atomic E-state index is 12.5. The first-order valence-corrected chi connectivity index (χ1v) is 8.27. The molecule has 1 aliphatic carbocycles. The van der Waals surface area contributed by atoms with E-state index in [9.17, 15) is 9.90 Å². The number of rotatable bonds is 4. The van der Waals surface area contributed by atoms with Crippen molar-refractivity contribution in [1.29, 1.82) is 0 Å². The zero-order valence-electron chi connectivity index (χ0n) is 13.2. The highest BCUT2D eigenvalue weighted by molar-refractivity contribution is 5.75. The summed E-state index contributed by atoms with van der Waals surface area (Å²) < 4.78 is 5.52. The molecule has 2 aliphatic rings. The highest BCUT2D eigenvalue weighted by Gasteiger charge is 2.30. The highest BCUT2D eigenvalue weighted by atomic mass is 16.5. The number of ether oxygens (including phenoxy) is 1. The van der Waals surface area contributed by atoms with Crippen molar-refractivity contribution in [3.8, 4) is 0 Å². The van der Waals surface area contributed by atoms with Gasteiger partial charge in [0, 0.05) is 19.0 Å². The lowest BCUT2D eigenvalue weighted by atomic mass is 10.0. The third-order valence-electron chi connectivity index (χ3n) is 4.50. The summed E-state index contributed by atoms with van der Waals surface area (Å²) >= 11 is 0. The molecule has 23 heavy (non-hydrogen) atoms. The fourth-order valence-electron chi connectivity index (χ4n) is 3.18. The first kappa shape index (κ1) is 16.0.